The summed E-state index contributed by atoms with van der Waals surface area (Å²) in [4.78, 5) is 25.6. The number of aliphatic hydroxyl groups is 1. The summed E-state index contributed by atoms with van der Waals surface area (Å²) in [6.45, 7) is 1.65. The monoisotopic (exact) mass is 464 g/mol. The van der Waals surface area contributed by atoms with E-state index in [0.29, 0.717) is 24.2 Å². The Labute approximate surface area is 165 Å². The lowest BCUT2D eigenvalue weighted by Gasteiger charge is -2.31. The van der Waals surface area contributed by atoms with Crippen LogP contribution in [0.2, 0.25) is 0 Å². The van der Waals surface area contributed by atoms with Crippen LogP contribution in [0.25, 0.3) is 0 Å². The van der Waals surface area contributed by atoms with Gasteiger partial charge in [-0.15, -0.1) is 0 Å². The lowest BCUT2D eigenvalue weighted by molar-refractivity contribution is -0.156. The Morgan fingerprint density at radius 3 is 2.67 bits per heavy atom. The summed E-state index contributed by atoms with van der Waals surface area (Å²) in [6, 6.07) is 4.23. The lowest BCUT2D eigenvalue weighted by Crippen LogP contribution is -2.48. The second kappa shape index (κ2) is 9.60. The minimum absolute atomic E-state index is 0.0738. The number of hydrogen-bond donors (Lipinski definition) is 2. The fourth-order valence-corrected chi connectivity index (χ4v) is 3.84. The molecule has 0 aliphatic carbocycles. The average molecular weight is 465 g/mol. The molecule has 1 fully saturated rings. The molecule has 150 valence electrons. The Hall–Kier alpha value is -1.53. The van der Waals surface area contributed by atoms with Crippen molar-refractivity contribution in [3.63, 3.8) is 0 Å². The summed E-state index contributed by atoms with van der Waals surface area (Å²) in [6.07, 6.45) is -0.110. The van der Waals surface area contributed by atoms with E-state index >= 15 is 0 Å². The molecule has 1 heterocycles. The molecule has 9 nitrogen and oxygen atoms in total. The zero-order valence-corrected chi connectivity index (χ0v) is 17.0. The summed E-state index contributed by atoms with van der Waals surface area (Å²) in [5.74, 6) is -1.45. The largest absolute Gasteiger partial charge is 0.454 e. The van der Waals surface area contributed by atoms with Gasteiger partial charge in [-0.25, -0.2) is 8.42 Å². The molecule has 1 aromatic rings. The zero-order valence-electron chi connectivity index (χ0n) is 14.6. The van der Waals surface area contributed by atoms with Gasteiger partial charge in [0.1, 0.15) is 6.04 Å². The van der Waals surface area contributed by atoms with Gasteiger partial charge < -0.3 is 19.5 Å². The van der Waals surface area contributed by atoms with Crippen molar-refractivity contribution in [1.82, 2.24) is 9.62 Å². The average Bonchev–Trinajstić information content (AvgIpc) is 2.64. The predicted molar refractivity (Wildman–Crippen MR) is 98.3 cm³/mol. The number of nitrogens with one attached hydrogen (secondary N) is 1. The minimum Gasteiger partial charge on any atom is -0.454 e. The van der Waals surface area contributed by atoms with Gasteiger partial charge in [0.15, 0.2) is 6.61 Å². The van der Waals surface area contributed by atoms with Crippen LogP contribution < -0.4 is 4.72 Å². The van der Waals surface area contributed by atoms with Crippen LogP contribution in [0.4, 0.5) is 0 Å². The third kappa shape index (κ3) is 6.25. The van der Waals surface area contributed by atoms with Gasteiger partial charge in [0.2, 0.25) is 10.0 Å². The summed E-state index contributed by atoms with van der Waals surface area (Å²) in [5.41, 5.74) is 0. The van der Waals surface area contributed by atoms with Crippen LogP contribution in [0.5, 0.6) is 0 Å². The van der Waals surface area contributed by atoms with Gasteiger partial charge in [-0.2, -0.15) is 4.72 Å². The number of sulfonamides is 1. The normalized spacial score (nSPS) is 18.8. The number of ether oxygens (including phenoxy) is 2. The number of nitrogens with zero attached hydrogens (tertiary/aromatic N) is 1. The minimum atomic E-state index is -4.04. The van der Waals surface area contributed by atoms with Crippen molar-refractivity contribution in [3.8, 4) is 0 Å². The highest BCUT2D eigenvalue weighted by molar-refractivity contribution is 9.10. The highest BCUT2D eigenvalue weighted by Gasteiger charge is 2.28. The number of amides is 1. The van der Waals surface area contributed by atoms with Gasteiger partial charge in [-0.3, -0.25) is 9.59 Å². The summed E-state index contributed by atoms with van der Waals surface area (Å²) in [7, 11) is -4.04. The topological polar surface area (TPSA) is 122 Å². The van der Waals surface area contributed by atoms with E-state index in [1.807, 2.05) is 6.92 Å². The molecule has 2 atom stereocenters. The van der Waals surface area contributed by atoms with E-state index in [1.54, 1.807) is 0 Å². The number of rotatable bonds is 7. The molecule has 1 amide bonds. The summed E-state index contributed by atoms with van der Waals surface area (Å²) < 4.78 is 37.6. The van der Waals surface area contributed by atoms with E-state index in [2.05, 4.69) is 20.7 Å². The number of morpholine rings is 1. The van der Waals surface area contributed by atoms with E-state index < -0.39 is 41.2 Å². The molecule has 1 aliphatic rings. The number of benzene rings is 1. The summed E-state index contributed by atoms with van der Waals surface area (Å²) in [5, 5.41) is 9.35. The predicted octanol–water partition coefficient (Wildman–Crippen LogP) is -0.121. The van der Waals surface area contributed by atoms with Crippen molar-refractivity contribution in [2.75, 3.05) is 32.9 Å². The molecule has 0 saturated carbocycles. The van der Waals surface area contributed by atoms with Crippen molar-refractivity contribution >= 4 is 37.8 Å². The highest BCUT2D eigenvalue weighted by Crippen LogP contribution is 2.15. The Balaban J connectivity index is 1.93. The molecule has 0 radical (unpaired) electrons. The van der Waals surface area contributed by atoms with Crippen molar-refractivity contribution in [2.45, 2.75) is 24.0 Å². The Bertz CT molecular complexity index is 769. The first-order valence-corrected chi connectivity index (χ1v) is 10.5. The molecule has 1 saturated heterocycles. The van der Waals surface area contributed by atoms with Crippen LogP contribution >= 0.6 is 15.9 Å². The van der Waals surface area contributed by atoms with Crippen molar-refractivity contribution in [3.05, 3.63) is 28.7 Å². The SMILES string of the molecule is CC1CN(C(=O)COC(=O)C(CO)NS(=O)(=O)c2ccc(Br)cc2)CCO1. The van der Waals surface area contributed by atoms with Gasteiger partial charge in [0.05, 0.1) is 24.2 Å². The quantitative estimate of drug-likeness (QED) is 0.539. The van der Waals surface area contributed by atoms with Gasteiger partial charge in [-0.1, -0.05) is 15.9 Å². The van der Waals surface area contributed by atoms with Gasteiger partial charge in [0.25, 0.3) is 5.91 Å². The van der Waals surface area contributed by atoms with Crippen LogP contribution in [-0.2, 0) is 29.1 Å². The second-order valence-corrected chi connectivity index (χ2v) is 8.57. The maximum atomic E-state index is 12.3. The number of hydrogen-bond acceptors (Lipinski definition) is 7. The fourth-order valence-electron chi connectivity index (χ4n) is 2.40. The molecular formula is C16H21BrN2O7S. The molecule has 11 heteroatoms. The maximum absolute atomic E-state index is 12.3. The molecule has 0 spiro atoms. The van der Waals surface area contributed by atoms with Crippen molar-refractivity contribution < 1.29 is 32.6 Å². The van der Waals surface area contributed by atoms with E-state index in [9.17, 15) is 23.1 Å². The van der Waals surface area contributed by atoms with Crippen LogP contribution in [0.15, 0.2) is 33.6 Å². The van der Waals surface area contributed by atoms with Crippen LogP contribution in [0, 0.1) is 0 Å². The number of carbonyl (C=O) groups excluding carboxylic acids is 2. The first-order valence-electron chi connectivity index (χ1n) is 8.17. The lowest BCUT2D eigenvalue weighted by atomic mass is 10.3. The standard InChI is InChI=1S/C16H21BrN2O7S/c1-11-8-19(6-7-25-11)15(21)10-26-16(22)14(9-20)18-27(23,24)13-4-2-12(17)3-5-13/h2-5,11,14,18,20H,6-10H2,1H3. The molecule has 2 rings (SSSR count). The molecular weight excluding hydrogens is 444 g/mol. The summed E-state index contributed by atoms with van der Waals surface area (Å²) >= 11 is 3.20. The van der Waals surface area contributed by atoms with E-state index in [1.165, 1.54) is 29.2 Å². The molecule has 2 N–H and O–H groups in total. The van der Waals surface area contributed by atoms with Gasteiger partial charge >= 0.3 is 5.97 Å². The number of aliphatic hydroxyl groups excluding tert-OH is 1. The molecule has 1 aliphatic heterocycles. The van der Waals surface area contributed by atoms with E-state index in [0.717, 1.165) is 0 Å². The molecule has 27 heavy (non-hydrogen) atoms. The van der Waals surface area contributed by atoms with Crippen molar-refractivity contribution in [1.29, 1.82) is 0 Å². The van der Waals surface area contributed by atoms with Crippen molar-refractivity contribution in [2.24, 2.45) is 0 Å². The second-order valence-electron chi connectivity index (χ2n) is 5.94. The Morgan fingerprint density at radius 1 is 1.41 bits per heavy atom. The highest BCUT2D eigenvalue weighted by atomic mass is 79.9. The smallest absolute Gasteiger partial charge is 0.327 e. The number of esters is 1. The third-order valence-electron chi connectivity index (χ3n) is 3.82. The van der Waals surface area contributed by atoms with Crippen LogP contribution in [-0.4, -0.2) is 75.4 Å². The van der Waals surface area contributed by atoms with Gasteiger partial charge in [-0.05, 0) is 31.2 Å². The number of halogens is 1. The van der Waals surface area contributed by atoms with Crippen LogP contribution in [0.1, 0.15) is 6.92 Å². The molecule has 1 aromatic carbocycles. The third-order valence-corrected chi connectivity index (χ3v) is 5.84. The maximum Gasteiger partial charge on any atom is 0.327 e. The Kier molecular flexibility index (Phi) is 7.74. The number of carbonyl (C=O) groups is 2. The van der Waals surface area contributed by atoms with E-state index in [-0.39, 0.29) is 11.0 Å². The molecule has 0 aromatic heterocycles. The molecule has 2 unspecified atom stereocenters. The first kappa shape index (κ1) is 21.8. The van der Waals surface area contributed by atoms with Crippen LogP contribution in [0.3, 0.4) is 0 Å². The molecule has 0 bridgehead atoms. The first-order chi connectivity index (χ1) is 12.7. The van der Waals surface area contributed by atoms with Gasteiger partial charge in [0, 0.05) is 17.6 Å². The van der Waals surface area contributed by atoms with E-state index in [4.69, 9.17) is 9.47 Å². The Morgan fingerprint density at radius 2 is 2.07 bits per heavy atom. The fraction of sp³-hybridized carbons (Fsp3) is 0.500. The zero-order chi connectivity index (χ0) is 20.0.